The molecule has 0 saturated carbocycles. The van der Waals surface area contributed by atoms with E-state index in [1.807, 2.05) is 12.1 Å². The average Bonchev–Trinajstić information content (AvgIpc) is 2.46. The van der Waals surface area contributed by atoms with Crippen molar-refractivity contribution in [3.05, 3.63) is 78.7 Å². The van der Waals surface area contributed by atoms with Gasteiger partial charge in [0.15, 0.2) is 0 Å². The Hall–Kier alpha value is -1.27. The first kappa shape index (κ1) is 13.2. The van der Waals surface area contributed by atoms with Crippen LogP contribution in [0.25, 0.3) is 0 Å². The Labute approximate surface area is 115 Å². The summed E-state index contributed by atoms with van der Waals surface area (Å²) in [6, 6.07) is 21.1. The van der Waals surface area contributed by atoms with Crippen molar-refractivity contribution in [1.29, 1.82) is 0 Å². The predicted octanol–water partition coefficient (Wildman–Crippen LogP) is 5.04. The Morgan fingerprint density at radius 3 is 1.67 bits per heavy atom. The third-order valence-corrected chi connectivity index (χ3v) is 3.60. The lowest BCUT2D eigenvalue weighted by Gasteiger charge is -2.20. The van der Waals surface area contributed by atoms with Crippen LogP contribution in [0.4, 0.5) is 0 Å². The highest BCUT2D eigenvalue weighted by Gasteiger charge is 2.17. The molecular formula is C17H18Cl. The van der Waals surface area contributed by atoms with Gasteiger partial charge < -0.3 is 0 Å². The minimum Gasteiger partial charge on any atom is -0.123 e. The maximum absolute atomic E-state index is 6.30. The largest absolute Gasteiger partial charge is 0.123 e. The van der Waals surface area contributed by atoms with Gasteiger partial charge in [-0.25, -0.2) is 0 Å². The summed E-state index contributed by atoms with van der Waals surface area (Å²) >= 11 is 6.30. The molecule has 0 saturated heterocycles. The lowest BCUT2D eigenvalue weighted by Crippen LogP contribution is -2.08. The Balaban J connectivity index is 2.29. The second-order valence-electron chi connectivity index (χ2n) is 4.50. The molecule has 1 heteroatoms. The lowest BCUT2D eigenvalue weighted by molar-refractivity contribution is 0.675. The van der Waals surface area contributed by atoms with Gasteiger partial charge in [-0.2, -0.15) is 0 Å². The van der Waals surface area contributed by atoms with E-state index in [1.165, 1.54) is 11.1 Å². The van der Waals surface area contributed by atoms with Crippen LogP contribution in [0.5, 0.6) is 0 Å². The van der Waals surface area contributed by atoms with E-state index in [9.17, 15) is 0 Å². The number of hydrogen-bond acceptors (Lipinski definition) is 0. The van der Waals surface area contributed by atoms with Crippen LogP contribution in [0.15, 0.2) is 60.7 Å². The van der Waals surface area contributed by atoms with Crippen LogP contribution in [-0.2, 0) is 0 Å². The maximum Gasteiger partial charge on any atom is 0.0345 e. The summed E-state index contributed by atoms with van der Waals surface area (Å²) in [6.45, 7) is 3.89. The van der Waals surface area contributed by atoms with Crippen LogP contribution in [0.1, 0.15) is 29.9 Å². The molecule has 0 spiro atoms. The summed E-state index contributed by atoms with van der Waals surface area (Å²) in [5.74, 6) is 0.358. The van der Waals surface area contributed by atoms with Gasteiger partial charge in [0.1, 0.15) is 0 Å². The zero-order chi connectivity index (χ0) is 12.8. The van der Waals surface area contributed by atoms with Crippen LogP contribution in [0.3, 0.4) is 0 Å². The topological polar surface area (TPSA) is 0 Å². The van der Waals surface area contributed by atoms with Gasteiger partial charge in [0, 0.05) is 11.3 Å². The zero-order valence-electron chi connectivity index (χ0n) is 10.4. The highest BCUT2D eigenvalue weighted by molar-refractivity contribution is 6.20. The third-order valence-electron chi connectivity index (χ3n) is 3.21. The molecule has 2 aromatic rings. The van der Waals surface area contributed by atoms with Crippen molar-refractivity contribution in [1.82, 2.24) is 0 Å². The fourth-order valence-corrected chi connectivity index (χ4v) is 2.39. The number of alkyl halides is 1. The SMILES string of the molecule is [CH2]CC(Cl)CC(c1ccccc1)c1ccccc1. The molecule has 0 amide bonds. The summed E-state index contributed by atoms with van der Waals surface area (Å²) in [5, 5.41) is 0.121. The van der Waals surface area contributed by atoms with E-state index in [-0.39, 0.29) is 5.38 Å². The molecule has 18 heavy (non-hydrogen) atoms. The monoisotopic (exact) mass is 257 g/mol. The first-order valence-corrected chi connectivity index (χ1v) is 6.78. The Bertz CT molecular complexity index is 410. The summed E-state index contributed by atoms with van der Waals surface area (Å²) in [7, 11) is 0. The van der Waals surface area contributed by atoms with E-state index in [0.29, 0.717) is 5.92 Å². The summed E-state index contributed by atoms with van der Waals surface area (Å²) in [6.07, 6.45) is 1.69. The van der Waals surface area contributed by atoms with Crippen molar-refractivity contribution in [3.8, 4) is 0 Å². The zero-order valence-corrected chi connectivity index (χ0v) is 11.2. The third kappa shape index (κ3) is 3.36. The summed E-state index contributed by atoms with van der Waals surface area (Å²) in [4.78, 5) is 0. The van der Waals surface area contributed by atoms with Gasteiger partial charge in [-0.05, 0) is 24.0 Å². The van der Waals surface area contributed by atoms with E-state index in [1.54, 1.807) is 0 Å². The first-order valence-electron chi connectivity index (χ1n) is 6.34. The van der Waals surface area contributed by atoms with Crippen LogP contribution in [0.2, 0.25) is 0 Å². The van der Waals surface area contributed by atoms with Crippen LogP contribution in [-0.4, -0.2) is 5.38 Å². The number of hydrogen-bond donors (Lipinski definition) is 0. The van der Waals surface area contributed by atoms with Crippen molar-refractivity contribution in [2.24, 2.45) is 0 Å². The quantitative estimate of drug-likeness (QED) is 0.659. The van der Waals surface area contributed by atoms with Crippen LogP contribution < -0.4 is 0 Å². The molecule has 1 radical (unpaired) electrons. The maximum atomic E-state index is 6.30. The van der Waals surface area contributed by atoms with Gasteiger partial charge in [-0.3, -0.25) is 0 Å². The Morgan fingerprint density at radius 1 is 0.833 bits per heavy atom. The van der Waals surface area contributed by atoms with E-state index in [4.69, 9.17) is 11.6 Å². The molecule has 0 aliphatic carbocycles. The van der Waals surface area contributed by atoms with E-state index >= 15 is 0 Å². The van der Waals surface area contributed by atoms with E-state index in [0.717, 1.165) is 12.8 Å². The molecule has 2 rings (SSSR count). The standard InChI is InChI=1S/C17H18Cl/c1-2-16(18)13-17(14-9-5-3-6-10-14)15-11-7-4-8-12-15/h3-12,16-17H,1-2,13H2. The van der Waals surface area contributed by atoms with Gasteiger partial charge >= 0.3 is 0 Å². The molecule has 0 aromatic heterocycles. The summed E-state index contributed by atoms with van der Waals surface area (Å²) in [5.41, 5.74) is 2.64. The number of rotatable bonds is 5. The van der Waals surface area contributed by atoms with Crippen molar-refractivity contribution < 1.29 is 0 Å². The molecule has 0 heterocycles. The van der Waals surface area contributed by atoms with Crippen molar-refractivity contribution in [2.45, 2.75) is 24.1 Å². The number of benzene rings is 2. The Morgan fingerprint density at radius 2 is 1.28 bits per heavy atom. The van der Waals surface area contributed by atoms with E-state index in [2.05, 4.69) is 55.5 Å². The minimum absolute atomic E-state index is 0.121. The molecule has 0 fully saturated rings. The van der Waals surface area contributed by atoms with Crippen molar-refractivity contribution in [3.63, 3.8) is 0 Å². The molecule has 93 valence electrons. The molecule has 0 N–H and O–H groups in total. The lowest BCUT2D eigenvalue weighted by atomic mass is 9.87. The van der Waals surface area contributed by atoms with Gasteiger partial charge in [0.25, 0.3) is 0 Å². The second-order valence-corrected chi connectivity index (χ2v) is 5.11. The fraction of sp³-hybridized carbons (Fsp3) is 0.235. The van der Waals surface area contributed by atoms with E-state index < -0.39 is 0 Å². The fourth-order valence-electron chi connectivity index (χ4n) is 2.21. The summed E-state index contributed by atoms with van der Waals surface area (Å²) < 4.78 is 0. The second kappa shape index (κ2) is 6.61. The molecule has 0 aliphatic heterocycles. The molecule has 1 unspecified atom stereocenters. The normalized spacial score (nSPS) is 12.6. The van der Waals surface area contributed by atoms with Crippen LogP contribution in [0, 0.1) is 6.92 Å². The highest BCUT2D eigenvalue weighted by Crippen LogP contribution is 2.31. The van der Waals surface area contributed by atoms with Gasteiger partial charge in [-0.15, -0.1) is 11.6 Å². The number of halogens is 1. The first-order chi connectivity index (χ1) is 8.81. The van der Waals surface area contributed by atoms with Crippen LogP contribution >= 0.6 is 11.6 Å². The Kier molecular flexibility index (Phi) is 4.83. The minimum atomic E-state index is 0.121. The van der Waals surface area contributed by atoms with Gasteiger partial charge in [0.2, 0.25) is 0 Å². The molecule has 2 aromatic carbocycles. The average molecular weight is 258 g/mol. The molecule has 0 aliphatic rings. The molecule has 0 nitrogen and oxygen atoms in total. The van der Waals surface area contributed by atoms with Gasteiger partial charge in [0.05, 0.1) is 0 Å². The molecule has 0 bridgehead atoms. The highest BCUT2D eigenvalue weighted by atomic mass is 35.5. The predicted molar refractivity (Wildman–Crippen MR) is 79.0 cm³/mol. The smallest absolute Gasteiger partial charge is 0.0345 e. The van der Waals surface area contributed by atoms with Crippen molar-refractivity contribution in [2.75, 3.05) is 0 Å². The molecular weight excluding hydrogens is 240 g/mol. The van der Waals surface area contributed by atoms with Gasteiger partial charge in [-0.1, -0.05) is 67.6 Å². The van der Waals surface area contributed by atoms with Crippen molar-refractivity contribution >= 4 is 11.6 Å². The molecule has 1 atom stereocenters.